The Labute approximate surface area is 187 Å². The maximum Gasteiger partial charge on any atom is 0.193 e. The summed E-state index contributed by atoms with van der Waals surface area (Å²) in [5.74, 6) is 1.55. The lowest BCUT2D eigenvalue weighted by atomic mass is 10.3. The number of aromatic nitrogens is 3. The molecule has 0 atom stereocenters. The van der Waals surface area contributed by atoms with Crippen molar-refractivity contribution in [2.24, 2.45) is 4.99 Å². The number of nitrogens with one attached hydrogen (secondary N) is 1. The number of rotatable bonds is 8. The molecule has 0 amide bonds. The molecule has 29 heavy (non-hydrogen) atoms. The number of hydrogen-bond acceptors (Lipinski definition) is 4. The lowest BCUT2D eigenvalue weighted by Gasteiger charge is -2.22. The van der Waals surface area contributed by atoms with Crippen molar-refractivity contribution < 1.29 is 9.13 Å². The standard InChI is InChI=1S/C20H25FN6O.HI/c1-3-22-20(26(2)14-15-28-17-9-5-4-8-16(17)21)23-12-11-19-25-24-18-10-6-7-13-27(18)19;/h4-10,13H,3,11-12,14-15H2,1-2H3,(H,22,23);1H. The van der Waals surface area contributed by atoms with Crippen molar-refractivity contribution >= 4 is 35.6 Å². The predicted octanol–water partition coefficient (Wildman–Crippen LogP) is 3.01. The van der Waals surface area contributed by atoms with Gasteiger partial charge in [-0.25, -0.2) is 4.39 Å². The fraction of sp³-hybridized carbons (Fsp3) is 0.350. The van der Waals surface area contributed by atoms with E-state index < -0.39 is 0 Å². The third-order valence-electron chi connectivity index (χ3n) is 4.20. The van der Waals surface area contributed by atoms with Gasteiger partial charge in [0.05, 0.1) is 6.54 Å². The Balaban J connectivity index is 0.00000300. The molecule has 0 spiro atoms. The van der Waals surface area contributed by atoms with Crippen LogP contribution in [0.3, 0.4) is 0 Å². The summed E-state index contributed by atoms with van der Waals surface area (Å²) in [7, 11) is 1.93. The molecule has 0 fully saturated rings. The summed E-state index contributed by atoms with van der Waals surface area (Å²) in [5.41, 5.74) is 0.829. The third-order valence-corrected chi connectivity index (χ3v) is 4.20. The smallest absolute Gasteiger partial charge is 0.193 e. The van der Waals surface area contributed by atoms with Gasteiger partial charge in [0.25, 0.3) is 0 Å². The molecule has 0 radical (unpaired) electrons. The van der Waals surface area contributed by atoms with Crippen LogP contribution in [0.5, 0.6) is 5.75 Å². The van der Waals surface area contributed by atoms with Crippen LogP contribution < -0.4 is 10.1 Å². The van der Waals surface area contributed by atoms with Gasteiger partial charge in [-0.3, -0.25) is 9.39 Å². The molecule has 0 unspecified atom stereocenters. The van der Waals surface area contributed by atoms with Crippen molar-refractivity contribution in [2.75, 3.05) is 33.3 Å². The van der Waals surface area contributed by atoms with Gasteiger partial charge in [-0.1, -0.05) is 18.2 Å². The van der Waals surface area contributed by atoms with Crippen LogP contribution in [0.15, 0.2) is 53.7 Å². The number of nitrogens with zero attached hydrogens (tertiary/aromatic N) is 5. The van der Waals surface area contributed by atoms with E-state index in [9.17, 15) is 4.39 Å². The van der Waals surface area contributed by atoms with E-state index in [4.69, 9.17) is 4.74 Å². The first-order valence-corrected chi connectivity index (χ1v) is 9.34. The first kappa shape index (κ1) is 22.9. The van der Waals surface area contributed by atoms with Crippen molar-refractivity contribution in [1.29, 1.82) is 0 Å². The zero-order valence-electron chi connectivity index (χ0n) is 16.6. The van der Waals surface area contributed by atoms with Crippen LogP contribution in [0.25, 0.3) is 5.65 Å². The number of fused-ring (bicyclic) bond motifs is 1. The number of likely N-dealkylation sites (N-methyl/N-ethyl adjacent to an activating group) is 1. The number of pyridine rings is 1. The molecule has 3 rings (SSSR count). The van der Waals surface area contributed by atoms with E-state index in [-0.39, 0.29) is 35.5 Å². The molecule has 1 aromatic carbocycles. The molecule has 2 heterocycles. The van der Waals surface area contributed by atoms with Crippen LogP contribution in [0, 0.1) is 5.82 Å². The van der Waals surface area contributed by atoms with Gasteiger partial charge in [-0.05, 0) is 31.2 Å². The lowest BCUT2D eigenvalue weighted by molar-refractivity contribution is 0.270. The number of aliphatic imine (C=N–C) groups is 1. The summed E-state index contributed by atoms with van der Waals surface area (Å²) >= 11 is 0. The first-order chi connectivity index (χ1) is 13.7. The van der Waals surface area contributed by atoms with Crippen LogP contribution in [-0.4, -0.2) is 58.7 Å². The molecule has 156 valence electrons. The normalized spacial score (nSPS) is 11.2. The number of guanidine groups is 1. The number of para-hydroxylation sites is 1. The van der Waals surface area contributed by atoms with Crippen LogP contribution in [0.4, 0.5) is 4.39 Å². The fourth-order valence-electron chi connectivity index (χ4n) is 2.75. The van der Waals surface area contributed by atoms with Crippen LogP contribution in [0.1, 0.15) is 12.7 Å². The predicted molar refractivity (Wildman–Crippen MR) is 123 cm³/mol. The summed E-state index contributed by atoms with van der Waals surface area (Å²) in [4.78, 5) is 6.62. The number of hydrogen-bond donors (Lipinski definition) is 1. The quantitative estimate of drug-likeness (QED) is 0.286. The average Bonchev–Trinajstić information content (AvgIpc) is 3.12. The van der Waals surface area contributed by atoms with Gasteiger partial charge in [0.2, 0.25) is 0 Å². The minimum absolute atomic E-state index is 0. The Morgan fingerprint density at radius 2 is 2.00 bits per heavy atom. The summed E-state index contributed by atoms with van der Waals surface area (Å²) in [5, 5.41) is 11.6. The van der Waals surface area contributed by atoms with Crippen LogP contribution >= 0.6 is 24.0 Å². The Morgan fingerprint density at radius 1 is 1.21 bits per heavy atom. The third kappa shape index (κ3) is 6.28. The average molecular weight is 512 g/mol. The summed E-state index contributed by atoms with van der Waals surface area (Å²) < 4.78 is 21.1. The van der Waals surface area contributed by atoms with Gasteiger partial charge in [0.15, 0.2) is 23.2 Å². The minimum atomic E-state index is -0.355. The SMILES string of the molecule is CCNC(=NCCc1nnc2ccccn12)N(C)CCOc1ccccc1F.I. The highest BCUT2D eigenvalue weighted by atomic mass is 127. The number of ether oxygens (including phenoxy) is 1. The molecule has 0 aliphatic carbocycles. The summed E-state index contributed by atoms with van der Waals surface area (Å²) in [6, 6.07) is 12.2. The van der Waals surface area contributed by atoms with E-state index in [0.29, 0.717) is 26.1 Å². The molecular weight excluding hydrogens is 486 g/mol. The molecule has 1 N–H and O–H groups in total. The van der Waals surface area contributed by atoms with E-state index in [1.54, 1.807) is 18.2 Å². The summed E-state index contributed by atoms with van der Waals surface area (Å²) in [6.07, 6.45) is 2.63. The molecule has 2 aromatic heterocycles. The summed E-state index contributed by atoms with van der Waals surface area (Å²) in [6.45, 7) is 4.29. The topological polar surface area (TPSA) is 67.0 Å². The van der Waals surface area contributed by atoms with Crippen molar-refractivity contribution in [1.82, 2.24) is 24.8 Å². The van der Waals surface area contributed by atoms with Gasteiger partial charge >= 0.3 is 0 Å². The Kier molecular flexibility index (Phi) is 9.10. The highest BCUT2D eigenvalue weighted by molar-refractivity contribution is 14.0. The second kappa shape index (κ2) is 11.5. The number of halogens is 2. The minimum Gasteiger partial charge on any atom is -0.489 e. The second-order valence-corrected chi connectivity index (χ2v) is 6.23. The molecule has 7 nitrogen and oxygen atoms in total. The fourth-order valence-corrected chi connectivity index (χ4v) is 2.75. The largest absolute Gasteiger partial charge is 0.489 e. The second-order valence-electron chi connectivity index (χ2n) is 6.23. The van der Waals surface area contributed by atoms with E-state index >= 15 is 0 Å². The maximum atomic E-state index is 13.6. The number of benzene rings is 1. The highest BCUT2D eigenvalue weighted by Gasteiger charge is 2.08. The van der Waals surface area contributed by atoms with Gasteiger partial charge < -0.3 is 15.0 Å². The zero-order valence-corrected chi connectivity index (χ0v) is 18.9. The zero-order chi connectivity index (χ0) is 19.8. The molecule has 0 aliphatic rings. The van der Waals surface area contributed by atoms with Crippen molar-refractivity contribution in [2.45, 2.75) is 13.3 Å². The Hall–Kier alpha value is -2.43. The first-order valence-electron chi connectivity index (χ1n) is 9.34. The van der Waals surface area contributed by atoms with Gasteiger partial charge in [-0.2, -0.15) is 0 Å². The Bertz CT molecular complexity index is 932. The molecule has 0 aliphatic heterocycles. The molecule has 0 saturated carbocycles. The maximum absolute atomic E-state index is 13.6. The van der Waals surface area contributed by atoms with E-state index in [2.05, 4.69) is 20.5 Å². The van der Waals surface area contributed by atoms with Gasteiger partial charge in [0, 0.05) is 32.8 Å². The van der Waals surface area contributed by atoms with E-state index in [0.717, 1.165) is 24.0 Å². The lowest BCUT2D eigenvalue weighted by Crippen LogP contribution is -2.41. The van der Waals surface area contributed by atoms with Crippen LogP contribution in [0.2, 0.25) is 0 Å². The molecule has 3 aromatic rings. The van der Waals surface area contributed by atoms with Crippen molar-refractivity contribution in [3.05, 3.63) is 60.3 Å². The molecule has 9 heteroatoms. The van der Waals surface area contributed by atoms with E-state index in [1.807, 2.05) is 47.7 Å². The van der Waals surface area contributed by atoms with E-state index in [1.165, 1.54) is 6.07 Å². The molecular formula is C20H26FIN6O. The highest BCUT2D eigenvalue weighted by Crippen LogP contribution is 2.15. The van der Waals surface area contributed by atoms with Gasteiger partial charge in [0.1, 0.15) is 12.4 Å². The van der Waals surface area contributed by atoms with Crippen molar-refractivity contribution in [3.8, 4) is 5.75 Å². The van der Waals surface area contributed by atoms with Gasteiger partial charge in [-0.15, -0.1) is 34.2 Å². The van der Waals surface area contributed by atoms with Crippen molar-refractivity contribution in [3.63, 3.8) is 0 Å². The molecule has 0 bridgehead atoms. The molecule has 0 saturated heterocycles. The monoisotopic (exact) mass is 512 g/mol. The Morgan fingerprint density at radius 3 is 2.79 bits per heavy atom. The van der Waals surface area contributed by atoms with Crippen LogP contribution in [-0.2, 0) is 6.42 Å².